The number of carbonyl (C=O) groups excluding carboxylic acids is 1. The summed E-state index contributed by atoms with van der Waals surface area (Å²) < 4.78 is 0. The normalized spacial score (nSPS) is 22.6. The summed E-state index contributed by atoms with van der Waals surface area (Å²) in [5.41, 5.74) is 0.275. The van der Waals surface area contributed by atoms with Gasteiger partial charge in [-0.05, 0) is 37.0 Å². The first kappa shape index (κ1) is 17.8. The maximum absolute atomic E-state index is 11.9. The minimum absolute atomic E-state index is 0.190. The van der Waals surface area contributed by atoms with Crippen molar-refractivity contribution in [1.82, 2.24) is 10.6 Å². The molecule has 3 N–H and O–H groups in total. The summed E-state index contributed by atoms with van der Waals surface area (Å²) in [6.07, 6.45) is 4.89. The van der Waals surface area contributed by atoms with Crippen molar-refractivity contribution in [1.29, 1.82) is 0 Å². The smallest absolute Gasteiger partial charge is 0.315 e. The zero-order valence-electron chi connectivity index (χ0n) is 13.7. The number of carbonyl (C=O) groups is 2. The van der Waals surface area contributed by atoms with E-state index in [-0.39, 0.29) is 24.0 Å². The van der Waals surface area contributed by atoms with Gasteiger partial charge in [-0.3, -0.25) is 4.79 Å². The van der Waals surface area contributed by atoms with Gasteiger partial charge < -0.3 is 15.7 Å². The van der Waals surface area contributed by atoms with Crippen molar-refractivity contribution in [3.63, 3.8) is 0 Å². The Hall–Kier alpha value is -1.26. The van der Waals surface area contributed by atoms with E-state index in [9.17, 15) is 9.59 Å². The van der Waals surface area contributed by atoms with Gasteiger partial charge in [-0.15, -0.1) is 0 Å². The second-order valence-electron chi connectivity index (χ2n) is 7.48. The molecule has 2 atom stereocenters. The number of aliphatic carboxylic acids is 1. The van der Waals surface area contributed by atoms with Crippen molar-refractivity contribution in [2.75, 3.05) is 6.54 Å². The van der Waals surface area contributed by atoms with Gasteiger partial charge in [-0.25, -0.2) is 4.79 Å². The van der Waals surface area contributed by atoms with Crippen LogP contribution in [0.15, 0.2) is 0 Å². The van der Waals surface area contributed by atoms with Crippen molar-refractivity contribution < 1.29 is 14.7 Å². The summed E-state index contributed by atoms with van der Waals surface area (Å²) in [7, 11) is 0. The molecule has 21 heavy (non-hydrogen) atoms. The zero-order valence-corrected chi connectivity index (χ0v) is 13.7. The lowest BCUT2D eigenvalue weighted by Crippen LogP contribution is -2.47. The zero-order chi connectivity index (χ0) is 16.0. The summed E-state index contributed by atoms with van der Waals surface area (Å²) >= 11 is 0. The summed E-state index contributed by atoms with van der Waals surface area (Å²) in [6, 6.07) is -0.0465. The highest BCUT2D eigenvalue weighted by Crippen LogP contribution is 2.34. The number of rotatable bonds is 6. The van der Waals surface area contributed by atoms with Crippen LogP contribution in [0.1, 0.15) is 59.8 Å². The lowest BCUT2D eigenvalue weighted by atomic mass is 9.75. The highest BCUT2D eigenvalue weighted by molar-refractivity contribution is 5.76. The number of urea groups is 1. The molecule has 5 heteroatoms. The number of carboxylic acids is 1. The first-order chi connectivity index (χ1) is 9.69. The molecule has 0 radical (unpaired) electrons. The molecule has 0 aromatic heterocycles. The molecule has 1 rings (SSSR count). The van der Waals surface area contributed by atoms with Crippen LogP contribution >= 0.6 is 0 Å². The molecule has 1 aliphatic carbocycles. The molecule has 1 aliphatic rings. The third kappa shape index (κ3) is 6.82. The van der Waals surface area contributed by atoms with Gasteiger partial charge in [-0.1, -0.05) is 34.1 Å². The van der Waals surface area contributed by atoms with Gasteiger partial charge in [0.2, 0.25) is 0 Å². The molecule has 0 heterocycles. The van der Waals surface area contributed by atoms with Gasteiger partial charge in [0.1, 0.15) is 0 Å². The van der Waals surface area contributed by atoms with Gasteiger partial charge in [-0.2, -0.15) is 0 Å². The molecule has 122 valence electrons. The van der Waals surface area contributed by atoms with E-state index in [0.29, 0.717) is 12.3 Å². The highest BCUT2D eigenvalue weighted by Gasteiger charge is 2.29. The fraction of sp³-hybridized carbons (Fsp3) is 0.875. The van der Waals surface area contributed by atoms with Crippen molar-refractivity contribution in [2.45, 2.75) is 65.8 Å². The Bertz CT molecular complexity index is 367. The van der Waals surface area contributed by atoms with Crippen LogP contribution in [-0.4, -0.2) is 29.7 Å². The Morgan fingerprint density at radius 2 is 2.00 bits per heavy atom. The molecule has 1 saturated carbocycles. The molecule has 0 aromatic carbocycles. The molecule has 0 aliphatic heterocycles. The molecule has 5 nitrogen and oxygen atoms in total. The second kappa shape index (κ2) is 7.66. The van der Waals surface area contributed by atoms with E-state index in [0.717, 1.165) is 19.3 Å². The molecule has 0 bridgehead atoms. The van der Waals surface area contributed by atoms with Crippen molar-refractivity contribution >= 4 is 12.0 Å². The van der Waals surface area contributed by atoms with E-state index in [1.54, 1.807) is 0 Å². The topological polar surface area (TPSA) is 78.4 Å². The van der Waals surface area contributed by atoms with E-state index in [2.05, 4.69) is 24.5 Å². The lowest BCUT2D eigenvalue weighted by molar-refractivity contribution is -0.142. The predicted octanol–water partition coefficient (Wildman–Crippen LogP) is 3.00. The van der Waals surface area contributed by atoms with Crippen LogP contribution in [-0.2, 0) is 4.79 Å². The van der Waals surface area contributed by atoms with Gasteiger partial charge in [0.05, 0.1) is 5.92 Å². The number of amides is 2. The molecule has 2 amide bonds. The Labute approximate surface area is 127 Å². The van der Waals surface area contributed by atoms with Crippen LogP contribution in [0, 0.1) is 17.3 Å². The summed E-state index contributed by atoms with van der Waals surface area (Å²) in [5.74, 6) is -1.06. The largest absolute Gasteiger partial charge is 0.481 e. The quantitative estimate of drug-likeness (QED) is 0.705. The lowest BCUT2D eigenvalue weighted by Gasteiger charge is -2.35. The van der Waals surface area contributed by atoms with E-state index in [4.69, 9.17) is 5.11 Å². The first-order valence-corrected chi connectivity index (χ1v) is 7.97. The monoisotopic (exact) mass is 298 g/mol. The van der Waals surface area contributed by atoms with Gasteiger partial charge >= 0.3 is 12.0 Å². The standard InChI is InChI=1S/C16H30N2O3/c1-11(2)8-12(14(19)20)10-17-15(21)18-13-6-5-7-16(3,4)9-13/h11-13H,5-10H2,1-4H3,(H,19,20)(H2,17,18,21). The van der Waals surface area contributed by atoms with E-state index >= 15 is 0 Å². The number of hydrogen-bond donors (Lipinski definition) is 3. The van der Waals surface area contributed by atoms with Gasteiger partial charge in [0, 0.05) is 12.6 Å². The van der Waals surface area contributed by atoms with Crippen LogP contribution in [0.4, 0.5) is 4.79 Å². The molecule has 2 unspecified atom stereocenters. The summed E-state index contributed by atoms with van der Waals surface area (Å²) in [5, 5.41) is 14.8. The third-order valence-electron chi connectivity index (χ3n) is 4.15. The Kier molecular flexibility index (Phi) is 6.49. The van der Waals surface area contributed by atoms with Gasteiger partial charge in [0.15, 0.2) is 0 Å². The van der Waals surface area contributed by atoms with Crippen LogP contribution in [0.3, 0.4) is 0 Å². The predicted molar refractivity (Wildman–Crippen MR) is 83.2 cm³/mol. The summed E-state index contributed by atoms with van der Waals surface area (Å²) in [6.45, 7) is 8.61. The minimum Gasteiger partial charge on any atom is -0.481 e. The molecule has 0 saturated heterocycles. The van der Waals surface area contributed by atoms with Crippen molar-refractivity contribution in [3.8, 4) is 0 Å². The van der Waals surface area contributed by atoms with E-state index < -0.39 is 11.9 Å². The van der Waals surface area contributed by atoms with Crippen LogP contribution in [0.2, 0.25) is 0 Å². The summed E-state index contributed by atoms with van der Waals surface area (Å²) in [4.78, 5) is 23.1. The highest BCUT2D eigenvalue weighted by atomic mass is 16.4. The maximum atomic E-state index is 11.9. The fourth-order valence-electron chi connectivity index (χ4n) is 3.11. The fourth-order valence-corrected chi connectivity index (χ4v) is 3.11. The number of nitrogens with one attached hydrogen (secondary N) is 2. The van der Waals surface area contributed by atoms with E-state index in [1.165, 1.54) is 6.42 Å². The molecule has 0 aromatic rings. The van der Waals surface area contributed by atoms with E-state index in [1.807, 2.05) is 13.8 Å². The Morgan fingerprint density at radius 1 is 1.33 bits per heavy atom. The van der Waals surface area contributed by atoms with Crippen LogP contribution in [0.25, 0.3) is 0 Å². The average molecular weight is 298 g/mol. The molecule has 0 spiro atoms. The van der Waals surface area contributed by atoms with Crippen LogP contribution in [0.5, 0.6) is 0 Å². The van der Waals surface area contributed by atoms with Crippen LogP contribution < -0.4 is 10.6 Å². The number of hydrogen-bond acceptors (Lipinski definition) is 2. The Morgan fingerprint density at radius 3 is 2.52 bits per heavy atom. The first-order valence-electron chi connectivity index (χ1n) is 7.97. The van der Waals surface area contributed by atoms with Gasteiger partial charge in [0.25, 0.3) is 0 Å². The average Bonchev–Trinajstić information content (AvgIpc) is 2.32. The van der Waals surface area contributed by atoms with Crippen molar-refractivity contribution in [2.24, 2.45) is 17.3 Å². The SMILES string of the molecule is CC(C)CC(CNC(=O)NC1CCCC(C)(C)C1)C(=O)O. The second-order valence-corrected chi connectivity index (χ2v) is 7.48. The molecular weight excluding hydrogens is 268 g/mol. The number of carboxylic acid groups (broad SMARTS) is 1. The molecule has 1 fully saturated rings. The third-order valence-corrected chi connectivity index (χ3v) is 4.15. The maximum Gasteiger partial charge on any atom is 0.315 e. The minimum atomic E-state index is -0.845. The molecular formula is C16H30N2O3. The Balaban J connectivity index is 2.37. The van der Waals surface area contributed by atoms with Crippen molar-refractivity contribution in [3.05, 3.63) is 0 Å².